The second kappa shape index (κ2) is 10.0. The minimum Gasteiger partial charge on any atom is -0.467 e. The first kappa shape index (κ1) is 18.2. The molecule has 7 heteroatoms. The molecule has 2 unspecified atom stereocenters. The van der Waals surface area contributed by atoms with Crippen molar-refractivity contribution >= 4 is 29.9 Å². The summed E-state index contributed by atoms with van der Waals surface area (Å²) in [6, 6.07) is 3.50. The van der Waals surface area contributed by atoms with Gasteiger partial charge >= 0.3 is 0 Å². The lowest BCUT2D eigenvalue weighted by molar-refractivity contribution is 0.113. The molecular weight excluding hydrogens is 385 g/mol. The van der Waals surface area contributed by atoms with Crippen molar-refractivity contribution in [2.24, 2.45) is 4.99 Å². The van der Waals surface area contributed by atoms with Crippen LogP contribution in [0.3, 0.4) is 0 Å². The van der Waals surface area contributed by atoms with Crippen LogP contribution >= 0.6 is 24.0 Å². The molecule has 1 fully saturated rings. The summed E-state index contributed by atoms with van der Waals surface area (Å²) in [5, 5.41) is 16.3. The Balaban J connectivity index is 0.00000220. The van der Waals surface area contributed by atoms with Crippen LogP contribution in [-0.4, -0.2) is 43.4 Å². The topological polar surface area (TPSA) is 79.0 Å². The summed E-state index contributed by atoms with van der Waals surface area (Å²) < 4.78 is 10.7. The van der Waals surface area contributed by atoms with Crippen molar-refractivity contribution < 1.29 is 14.3 Å². The summed E-state index contributed by atoms with van der Waals surface area (Å²) in [4.78, 5) is 4.36. The number of ether oxygens (including phenoxy) is 1. The normalized spacial score (nSPS) is 19.9. The van der Waals surface area contributed by atoms with Crippen LogP contribution in [0.2, 0.25) is 0 Å². The van der Waals surface area contributed by atoms with Crippen LogP contribution in [-0.2, 0) is 4.74 Å². The van der Waals surface area contributed by atoms with Crippen molar-refractivity contribution in [3.8, 4) is 0 Å². The van der Waals surface area contributed by atoms with Gasteiger partial charge in [0.25, 0.3) is 0 Å². The molecule has 2 heterocycles. The SMILES string of the molecule is CCNC(=NCC(O)c1ccco1)NCC1CCCO1.I. The molecule has 1 aliphatic rings. The molecule has 1 aromatic rings. The highest BCUT2D eigenvalue weighted by molar-refractivity contribution is 14.0. The zero-order valence-electron chi connectivity index (χ0n) is 12.2. The minimum absolute atomic E-state index is 0. The Kier molecular flexibility index (Phi) is 8.70. The van der Waals surface area contributed by atoms with Gasteiger partial charge in [0.05, 0.1) is 18.9 Å². The van der Waals surface area contributed by atoms with Gasteiger partial charge in [-0.3, -0.25) is 4.99 Å². The number of aliphatic imine (C=N–C) groups is 1. The van der Waals surface area contributed by atoms with Gasteiger partial charge in [-0.25, -0.2) is 0 Å². The third kappa shape index (κ3) is 6.23. The lowest BCUT2D eigenvalue weighted by atomic mass is 10.2. The Bertz CT molecular complexity index is 406. The molecular formula is C14H24IN3O3. The second-order valence-corrected chi connectivity index (χ2v) is 4.77. The molecule has 2 atom stereocenters. The van der Waals surface area contributed by atoms with Crippen molar-refractivity contribution in [3.05, 3.63) is 24.2 Å². The van der Waals surface area contributed by atoms with E-state index in [1.165, 1.54) is 0 Å². The Hall–Kier alpha value is -0.800. The van der Waals surface area contributed by atoms with Crippen LogP contribution in [0.4, 0.5) is 0 Å². The number of nitrogens with zero attached hydrogens (tertiary/aromatic N) is 1. The molecule has 2 rings (SSSR count). The van der Waals surface area contributed by atoms with Crippen molar-refractivity contribution in [2.75, 3.05) is 26.2 Å². The molecule has 0 bridgehead atoms. The molecule has 1 saturated heterocycles. The van der Waals surface area contributed by atoms with Gasteiger partial charge < -0.3 is 24.9 Å². The van der Waals surface area contributed by atoms with Gasteiger partial charge in [0.15, 0.2) is 5.96 Å². The minimum atomic E-state index is -0.719. The first-order valence-electron chi connectivity index (χ1n) is 7.15. The number of halogens is 1. The van der Waals surface area contributed by atoms with E-state index in [1.807, 2.05) is 6.92 Å². The third-order valence-electron chi connectivity index (χ3n) is 3.16. The quantitative estimate of drug-likeness (QED) is 0.379. The fraction of sp³-hybridized carbons (Fsp3) is 0.643. The lowest BCUT2D eigenvalue weighted by Gasteiger charge is -2.15. The number of hydrogen-bond acceptors (Lipinski definition) is 4. The Morgan fingerprint density at radius 2 is 2.38 bits per heavy atom. The zero-order chi connectivity index (χ0) is 14.2. The van der Waals surface area contributed by atoms with Crippen LogP contribution in [0.5, 0.6) is 0 Å². The van der Waals surface area contributed by atoms with E-state index in [1.54, 1.807) is 18.4 Å². The summed E-state index contributed by atoms with van der Waals surface area (Å²) in [6.45, 7) is 4.62. The Morgan fingerprint density at radius 3 is 3.00 bits per heavy atom. The molecule has 0 radical (unpaired) electrons. The van der Waals surface area contributed by atoms with Gasteiger partial charge in [-0.1, -0.05) is 0 Å². The average molecular weight is 409 g/mol. The van der Waals surface area contributed by atoms with Crippen molar-refractivity contribution in [1.82, 2.24) is 10.6 Å². The van der Waals surface area contributed by atoms with Crippen LogP contribution in [0, 0.1) is 0 Å². The summed E-state index contributed by atoms with van der Waals surface area (Å²) in [5.41, 5.74) is 0. The van der Waals surface area contributed by atoms with E-state index in [9.17, 15) is 5.11 Å². The number of rotatable bonds is 6. The zero-order valence-corrected chi connectivity index (χ0v) is 14.6. The molecule has 0 spiro atoms. The number of nitrogens with one attached hydrogen (secondary N) is 2. The van der Waals surface area contributed by atoms with Crippen molar-refractivity contribution in [1.29, 1.82) is 0 Å². The van der Waals surface area contributed by atoms with Gasteiger partial charge in [0.2, 0.25) is 0 Å². The molecule has 120 valence electrons. The molecule has 0 aliphatic carbocycles. The highest BCUT2D eigenvalue weighted by Crippen LogP contribution is 2.13. The summed E-state index contributed by atoms with van der Waals surface area (Å²) in [6.07, 6.45) is 3.29. The highest BCUT2D eigenvalue weighted by atomic mass is 127. The van der Waals surface area contributed by atoms with Crippen molar-refractivity contribution in [3.63, 3.8) is 0 Å². The van der Waals surface area contributed by atoms with Gasteiger partial charge in [-0.15, -0.1) is 24.0 Å². The molecule has 1 aromatic heterocycles. The fourth-order valence-electron chi connectivity index (χ4n) is 2.11. The van der Waals surface area contributed by atoms with Gasteiger partial charge in [-0.05, 0) is 31.9 Å². The smallest absolute Gasteiger partial charge is 0.191 e. The van der Waals surface area contributed by atoms with E-state index in [4.69, 9.17) is 9.15 Å². The van der Waals surface area contributed by atoms with Crippen LogP contribution in [0.25, 0.3) is 0 Å². The first-order valence-corrected chi connectivity index (χ1v) is 7.15. The monoisotopic (exact) mass is 409 g/mol. The van der Waals surface area contributed by atoms with Crippen LogP contribution < -0.4 is 10.6 Å². The summed E-state index contributed by atoms with van der Waals surface area (Å²) in [7, 11) is 0. The summed E-state index contributed by atoms with van der Waals surface area (Å²) in [5.74, 6) is 1.22. The highest BCUT2D eigenvalue weighted by Gasteiger charge is 2.16. The first-order chi connectivity index (χ1) is 9.79. The number of guanidine groups is 1. The van der Waals surface area contributed by atoms with Crippen LogP contribution in [0.15, 0.2) is 27.8 Å². The maximum Gasteiger partial charge on any atom is 0.191 e. The van der Waals surface area contributed by atoms with E-state index in [0.29, 0.717) is 11.7 Å². The molecule has 1 aliphatic heterocycles. The largest absolute Gasteiger partial charge is 0.467 e. The van der Waals surface area contributed by atoms with E-state index in [-0.39, 0.29) is 36.6 Å². The number of aliphatic hydroxyl groups excluding tert-OH is 1. The van der Waals surface area contributed by atoms with Gasteiger partial charge in [0, 0.05) is 19.7 Å². The molecule has 0 saturated carbocycles. The molecule has 0 amide bonds. The van der Waals surface area contributed by atoms with Crippen molar-refractivity contribution in [2.45, 2.75) is 32.0 Å². The lowest BCUT2D eigenvalue weighted by Crippen LogP contribution is -2.41. The predicted octanol–water partition coefficient (Wildman–Crippen LogP) is 1.67. The van der Waals surface area contributed by atoms with E-state index >= 15 is 0 Å². The van der Waals surface area contributed by atoms with Gasteiger partial charge in [-0.2, -0.15) is 0 Å². The molecule has 3 N–H and O–H groups in total. The number of aliphatic hydroxyl groups is 1. The van der Waals surface area contributed by atoms with Crippen LogP contribution in [0.1, 0.15) is 31.6 Å². The van der Waals surface area contributed by atoms with E-state index in [2.05, 4.69) is 15.6 Å². The molecule has 21 heavy (non-hydrogen) atoms. The second-order valence-electron chi connectivity index (χ2n) is 4.77. The average Bonchev–Trinajstić information content (AvgIpc) is 3.13. The van der Waals surface area contributed by atoms with E-state index < -0.39 is 6.10 Å². The number of furan rings is 1. The predicted molar refractivity (Wildman–Crippen MR) is 92.0 cm³/mol. The third-order valence-corrected chi connectivity index (χ3v) is 3.16. The molecule has 6 nitrogen and oxygen atoms in total. The number of hydrogen-bond donors (Lipinski definition) is 3. The Morgan fingerprint density at radius 1 is 1.52 bits per heavy atom. The molecule has 0 aromatic carbocycles. The maximum atomic E-state index is 9.93. The van der Waals surface area contributed by atoms with Gasteiger partial charge in [0.1, 0.15) is 11.9 Å². The summed E-state index contributed by atoms with van der Waals surface area (Å²) >= 11 is 0. The van der Waals surface area contributed by atoms with E-state index in [0.717, 1.165) is 32.5 Å². The Labute approximate surface area is 142 Å². The standard InChI is InChI=1S/C14H23N3O3.HI/c1-2-15-14(16-9-11-5-3-7-19-11)17-10-12(18)13-6-4-8-20-13;/h4,6,8,11-12,18H,2-3,5,7,9-10H2,1H3,(H2,15,16,17);1H. The fourth-order valence-corrected chi connectivity index (χ4v) is 2.11. The maximum absolute atomic E-state index is 9.93.